The first-order chi connectivity index (χ1) is 9.65. The van der Waals surface area contributed by atoms with Gasteiger partial charge in [0.05, 0.1) is 6.21 Å². The summed E-state index contributed by atoms with van der Waals surface area (Å²) in [7, 11) is 0. The molecule has 0 aliphatic carbocycles. The number of hydrogen-bond donors (Lipinski definition) is 2. The predicted molar refractivity (Wildman–Crippen MR) is 90.1 cm³/mol. The van der Waals surface area contributed by atoms with E-state index < -0.39 is 0 Å². The number of nitrogens with zero attached hydrogens (tertiary/aromatic N) is 1. The molecule has 2 N–H and O–H groups in total. The highest BCUT2D eigenvalue weighted by atomic mass is 127. The van der Waals surface area contributed by atoms with Crippen molar-refractivity contribution in [2.75, 3.05) is 5.32 Å². The molecule has 0 unspecified atom stereocenters. The van der Waals surface area contributed by atoms with Gasteiger partial charge in [-0.2, -0.15) is 5.10 Å². The maximum atomic E-state index is 11.7. The number of benzene rings is 2. The number of amides is 2. The van der Waals surface area contributed by atoms with Crippen LogP contribution < -0.4 is 10.7 Å². The first-order valence-corrected chi connectivity index (χ1v) is 7.14. The maximum absolute atomic E-state index is 11.7. The molecule has 2 amide bonds. The van der Waals surface area contributed by atoms with Crippen molar-refractivity contribution in [3.05, 3.63) is 63.2 Å². The zero-order valence-electron chi connectivity index (χ0n) is 10.9. The van der Waals surface area contributed by atoms with Gasteiger partial charge in [-0.3, -0.25) is 0 Å². The highest BCUT2D eigenvalue weighted by molar-refractivity contribution is 14.1. The molecule has 0 bridgehead atoms. The Morgan fingerprint density at radius 1 is 1.15 bits per heavy atom. The Labute approximate surface area is 131 Å². The van der Waals surface area contributed by atoms with E-state index >= 15 is 0 Å². The molecular weight excluding hydrogens is 365 g/mol. The van der Waals surface area contributed by atoms with Crippen LogP contribution in [0.15, 0.2) is 53.6 Å². The largest absolute Gasteiger partial charge is 0.339 e. The van der Waals surface area contributed by atoms with E-state index in [2.05, 4.69) is 38.4 Å². The van der Waals surface area contributed by atoms with Gasteiger partial charge in [0.1, 0.15) is 0 Å². The summed E-state index contributed by atoms with van der Waals surface area (Å²) in [6.45, 7) is 1.93. The lowest BCUT2D eigenvalue weighted by Crippen LogP contribution is -2.24. The van der Waals surface area contributed by atoms with Crippen LogP contribution in [0.2, 0.25) is 0 Å². The highest BCUT2D eigenvalue weighted by Gasteiger charge is 2.01. The van der Waals surface area contributed by atoms with Gasteiger partial charge < -0.3 is 5.32 Å². The summed E-state index contributed by atoms with van der Waals surface area (Å²) in [5.74, 6) is 0. The zero-order chi connectivity index (χ0) is 14.4. The molecule has 0 aliphatic heterocycles. The standard InChI is InChI=1S/C15H14IN3O/c1-11-4-2-3-5-14(11)18-15(20)19-17-10-12-6-8-13(16)9-7-12/h2-10H,1H3,(H2,18,19,20). The minimum Gasteiger partial charge on any atom is -0.306 e. The molecule has 2 aromatic carbocycles. The van der Waals surface area contributed by atoms with E-state index in [1.165, 1.54) is 0 Å². The molecule has 0 spiro atoms. The number of urea groups is 1. The van der Waals surface area contributed by atoms with Gasteiger partial charge in [-0.15, -0.1) is 0 Å². The van der Waals surface area contributed by atoms with Crippen LogP contribution in [0.3, 0.4) is 0 Å². The number of halogens is 1. The second kappa shape index (κ2) is 7.04. The summed E-state index contributed by atoms with van der Waals surface area (Å²) in [4.78, 5) is 11.7. The zero-order valence-corrected chi connectivity index (χ0v) is 13.1. The Balaban J connectivity index is 1.89. The Morgan fingerprint density at radius 2 is 1.85 bits per heavy atom. The van der Waals surface area contributed by atoms with Crippen LogP contribution in [0.1, 0.15) is 11.1 Å². The molecule has 0 aromatic heterocycles. The van der Waals surface area contributed by atoms with E-state index in [1.807, 2.05) is 55.5 Å². The summed E-state index contributed by atoms with van der Waals surface area (Å²) in [6.07, 6.45) is 1.60. The van der Waals surface area contributed by atoms with Crippen LogP contribution in [0.25, 0.3) is 0 Å². The molecule has 5 heteroatoms. The lowest BCUT2D eigenvalue weighted by molar-refractivity contribution is 0.252. The number of aryl methyl sites for hydroxylation is 1. The number of nitrogens with one attached hydrogen (secondary N) is 2. The van der Waals surface area contributed by atoms with E-state index in [9.17, 15) is 4.79 Å². The van der Waals surface area contributed by atoms with Crippen molar-refractivity contribution in [1.82, 2.24) is 5.43 Å². The Morgan fingerprint density at radius 3 is 2.55 bits per heavy atom. The van der Waals surface area contributed by atoms with Crippen molar-refractivity contribution in [1.29, 1.82) is 0 Å². The SMILES string of the molecule is Cc1ccccc1NC(=O)NN=Cc1ccc(I)cc1. The third kappa shape index (κ3) is 4.34. The molecule has 0 heterocycles. The van der Waals surface area contributed by atoms with Gasteiger partial charge in [0.25, 0.3) is 0 Å². The van der Waals surface area contributed by atoms with Crippen LogP contribution in [0.5, 0.6) is 0 Å². The van der Waals surface area contributed by atoms with E-state index in [4.69, 9.17) is 0 Å². The minimum absolute atomic E-state index is 0.360. The van der Waals surface area contributed by atoms with E-state index in [-0.39, 0.29) is 6.03 Å². The second-order valence-corrected chi connectivity index (χ2v) is 5.44. The van der Waals surface area contributed by atoms with Crippen LogP contribution >= 0.6 is 22.6 Å². The molecule has 0 saturated heterocycles. The van der Waals surface area contributed by atoms with E-state index in [1.54, 1.807) is 6.21 Å². The van der Waals surface area contributed by atoms with Gasteiger partial charge in [-0.1, -0.05) is 30.3 Å². The fraction of sp³-hybridized carbons (Fsp3) is 0.0667. The van der Waals surface area contributed by atoms with Crippen molar-refractivity contribution in [3.8, 4) is 0 Å². The van der Waals surface area contributed by atoms with Gasteiger partial charge in [-0.05, 0) is 58.8 Å². The molecule has 20 heavy (non-hydrogen) atoms. The number of carbonyl (C=O) groups is 1. The molecular formula is C15H14IN3O. The van der Waals surface area contributed by atoms with Crippen molar-refractivity contribution in [2.45, 2.75) is 6.92 Å². The normalized spacial score (nSPS) is 10.5. The van der Waals surface area contributed by atoms with E-state index in [0.717, 1.165) is 20.4 Å². The topological polar surface area (TPSA) is 53.5 Å². The van der Waals surface area contributed by atoms with Crippen LogP contribution in [0, 0.1) is 10.5 Å². The molecule has 0 atom stereocenters. The number of anilines is 1. The molecule has 2 aromatic rings. The van der Waals surface area contributed by atoms with Gasteiger partial charge >= 0.3 is 6.03 Å². The number of hydrogen-bond acceptors (Lipinski definition) is 2. The van der Waals surface area contributed by atoms with E-state index in [0.29, 0.717) is 0 Å². The fourth-order valence-electron chi connectivity index (χ4n) is 1.58. The van der Waals surface area contributed by atoms with Crippen molar-refractivity contribution in [2.24, 2.45) is 5.10 Å². The number of carbonyl (C=O) groups excluding carboxylic acids is 1. The third-order valence-electron chi connectivity index (χ3n) is 2.64. The summed E-state index contributed by atoms with van der Waals surface area (Å²) < 4.78 is 1.16. The molecule has 102 valence electrons. The molecule has 0 saturated carbocycles. The Kier molecular flexibility index (Phi) is 5.11. The van der Waals surface area contributed by atoms with Crippen molar-refractivity contribution in [3.63, 3.8) is 0 Å². The van der Waals surface area contributed by atoms with Crippen molar-refractivity contribution < 1.29 is 4.79 Å². The van der Waals surface area contributed by atoms with Crippen molar-refractivity contribution >= 4 is 40.5 Å². The number of para-hydroxylation sites is 1. The fourth-order valence-corrected chi connectivity index (χ4v) is 1.94. The first kappa shape index (κ1) is 14.5. The first-order valence-electron chi connectivity index (χ1n) is 6.06. The average molecular weight is 379 g/mol. The van der Waals surface area contributed by atoms with Gasteiger partial charge in [-0.25, -0.2) is 10.2 Å². The third-order valence-corrected chi connectivity index (χ3v) is 3.36. The van der Waals surface area contributed by atoms with Gasteiger partial charge in [0, 0.05) is 9.26 Å². The number of hydrazone groups is 1. The average Bonchev–Trinajstić information content (AvgIpc) is 2.44. The minimum atomic E-state index is -0.360. The van der Waals surface area contributed by atoms with Crippen LogP contribution in [-0.2, 0) is 0 Å². The molecule has 0 radical (unpaired) electrons. The summed E-state index contributed by atoms with van der Waals surface area (Å²) in [5.41, 5.74) is 5.15. The lowest BCUT2D eigenvalue weighted by Gasteiger charge is -2.06. The quantitative estimate of drug-likeness (QED) is 0.476. The molecule has 4 nitrogen and oxygen atoms in total. The van der Waals surface area contributed by atoms with Crippen LogP contribution in [0.4, 0.5) is 10.5 Å². The Bertz CT molecular complexity index is 623. The van der Waals surface area contributed by atoms with Crippen LogP contribution in [-0.4, -0.2) is 12.2 Å². The molecule has 0 aliphatic rings. The summed E-state index contributed by atoms with van der Waals surface area (Å²) in [6, 6.07) is 15.1. The predicted octanol–water partition coefficient (Wildman–Crippen LogP) is 3.76. The maximum Gasteiger partial charge on any atom is 0.339 e. The smallest absolute Gasteiger partial charge is 0.306 e. The van der Waals surface area contributed by atoms with Gasteiger partial charge in [0.2, 0.25) is 0 Å². The monoisotopic (exact) mass is 379 g/mol. The lowest BCUT2D eigenvalue weighted by atomic mass is 10.2. The summed E-state index contributed by atoms with van der Waals surface area (Å²) >= 11 is 2.24. The number of rotatable bonds is 3. The summed E-state index contributed by atoms with van der Waals surface area (Å²) in [5, 5.41) is 6.65. The molecule has 2 rings (SSSR count). The Hall–Kier alpha value is -1.89. The second-order valence-electron chi connectivity index (χ2n) is 4.19. The molecule has 0 fully saturated rings. The highest BCUT2D eigenvalue weighted by Crippen LogP contribution is 2.12. The van der Waals surface area contributed by atoms with Gasteiger partial charge in [0.15, 0.2) is 0 Å².